The van der Waals surface area contributed by atoms with E-state index in [4.69, 9.17) is 9.72 Å². The van der Waals surface area contributed by atoms with Gasteiger partial charge in [-0.3, -0.25) is 24.5 Å². The highest BCUT2D eigenvalue weighted by atomic mass is 32.1. The topological polar surface area (TPSA) is 103 Å². The Labute approximate surface area is 206 Å². The molecule has 0 unspecified atom stereocenters. The predicted octanol–water partition coefficient (Wildman–Crippen LogP) is 5.16. The number of carbonyl (C=O) groups is 1. The number of aromatic nitrogens is 3. The molecule has 0 aliphatic carbocycles. The summed E-state index contributed by atoms with van der Waals surface area (Å²) in [6.45, 7) is 7.22. The molecule has 4 rings (SSSR count). The molecule has 10 heteroatoms. The van der Waals surface area contributed by atoms with E-state index in [9.17, 15) is 14.9 Å². The molecular formula is C25H25N5O4S. The zero-order valence-corrected chi connectivity index (χ0v) is 20.5. The Morgan fingerprint density at radius 2 is 2.00 bits per heavy atom. The second-order valence-corrected chi connectivity index (χ2v) is 8.86. The van der Waals surface area contributed by atoms with E-state index in [1.165, 1.54) is 29.5 Å². The molecule has 0 spiro atoms. The smallest absolute Gasteiger partial charge is 0.269 e. The first-order chi connectivity index (χ1) is 16.9. The normalized spacial score (nSPS) is 11.3. The minimum atomic E-state index is -0.455. The van der Waals surface area contributed by atoms with Crippen LogP contribution in [0.3, 0.4) is 0 Å². The van der Waals surface area contributed by atoms with E-state index in [0.717, 1.165) is 21.6 Å². The van der Waals surface area contributed by atoms with Crippen LogP contribution in [-0.2, 0) is 11.3 Å². The molecule has 0 bridgehead atoms. The highest BCUT2D eigenvalue weighted by molar-refractivity contribution is 7.22. The van der Waals surface area contributed by atoms with Crippen LogP contribution in [0.5, 0.6) is 5.75 Å². The van der Waals surface area contributed by atoms with Crippen molar-refractivity contribution in [2.75, 3.05) is 18.1 Å². The fraction of sp³-hybridized carbons (Fsp3) is 0.240. The third-order valence-corrected chi connectivity index (χ3v) is 6.37. The quantitative estimate of drug-likeness (QED) is 0.182. The summed E-state index contributed by atoms with van der Waals surface area (Å²) in [6.07, 6.45) is 3.10. The van der Waals surface area contributed by atoms with Crippen molar-refractivity contribution >= 4 is 44.4 Å². The fourth-order valence-electron chi connectivity index (χ4n) is 3.66. The average molecular weight is 492 g/mol. The van der Waals surface area contributed by atoms with Crippen molar-refractivity contribution < 1.29 is 14.5 Å². The van der Waals surface area contributed by atoms with Gasteiger partial charge in [-0.05, 0) is 62.7 Å². The lowest BCUT2D eigenvalue weighted by atomic mass is 10.2. The Morgan fingerprint density at radius 1 is 1.23 bits per heavy atom. The number of nitro benzene ring substituents is 1. The highest BCUT2D eigenvalue weighted by Gasteiger charge is 2.20. The molecule has 0 saturated heterocycles. The van der Waals surface area contributed by atoms with Crippen molar-refractivity contribution in [3.8, 4) is 5.75 Å². The highest BCUT2D eigenvalue weighted by Crippen LogP contribution is 2.34. The number of fused-ring (bicyclic) bond motifs is 1. The van der Waals surface area contributed by atoms with Crippen molar-refractivity contribution in [1.82, 2.24) is 14.8 Å². The third kappa shape index (κ3) is 5.55. The van der Waals surface area contributed by atoms with Gasteiger partial charge in [-0.15, -0.1) is 0 Å². The van der Waals surface area contributed by atoms with Crippen molar-refractivity contribution in [1.29, 1.82) is 0 Å². The number of nitro groups is 1. The summed E-state index contributed by atoms with van der Waals surface area (Å²) in [7, 11) is 0. The monoisotopic (exact) mass is 491 g/mol. The standard InChI is InChI=1S/C25H25N5O4S/c1-4-34-21-6-5-7-22-24(21)26-25(35-22)28(14-15-29-18(3)16-17(2)27-29)23(31)13-10-19-8-11-20(12-9-19)30(32)33/h5-13,16H,4,14-15H2,1-3H3/b13-10+. The third-order valence-electron chi connectivity index (χ3n) is 5.33. The van der Waals surface area contributed by atoms with Gasteiger partial charge in [0.05, 0.1) is 28.5 Å². The van der Waals surface area contributed by atoms with E-state index in [-0.39, 0.29) is 11.6 Å². The van der Waals surface area contributed by atoms with Crippen molar-refractivity contribution in [2.45, 2.75) is 27.3 Å². The lowest BCUT2D eigenvalue weighted by molar-refractivity contribution is -0.384. The summed E-state index contributed by atoms with van der Waals surface area (Å²) in [6, 6.07) is 13.8. The van der Waals surface area contributed by atoms with Gasteiger partial charge in [-0.1, -0.05) is 17.4 Å². The van der Waals surface area contributed by atoms with Gasteiger partial charge in [0, 0.05) is 30.4 Å². The molecule has 0 radical (unpaired) electrons. The molecule has 0 fully saturated rings. The van der Waals surface area contributed by atoms with E-state index in [1.807, 2.05) is 49.7 Å². The predicted molar refractivity (Wildman–Crippen MR) is 137 cm³/mol. The van der Waals surface area contributed by atoms with Crippen LogP contribution in [0.15, 0.2) is 54.6 Å². The lowest BCUT2D eigenvalue weighted by Gasteiger charge is -2.18. The zero-order valence-electron chi connectivity index (χ0n) is 19.7. The number of aryl methyl sites for hydroxylation is 2. The number of rotatable bonds is 9. The number of anilines is 1. The zero-order chi connectivity index (χ0) is 24.9. The number of ether oxygens (including phenoxy) is 1. The SMILES string of the molecule is CCOc1cccc2sc(N(CCn3nc(C)cc3C)C(=O)/C=C/c3ccc([N+](=O)[O-])cc3)nc12. The van der Waals surface area contributed by atoms with Gasteiger partial charge >= 0.3 is 0 Å². The first-order valence-corrected chi connectivity index (χ1v) is 11.9. The lowest BCUT2D eigenvalue weighted by Crippen LogP contribution is -2.33. The minimum Gasteiger partial charge on any atom is -0.492 e. The van der Waals surface area contributed by atoms with Crippen LogP contribution < -0.4 is 9.64 Å². The first kappa shape index (κ1) is 24.1. The Morgan fingerprint density at radius 3 is 2.66 bits per heavy atom. The molecule has 2 aromatic carbocycles. The molecule has 4 aromatic rings. The molecule has 180 valence electrons. The van der Waals surface area contributed by atoms with Crippen LogP contribution in [0.1, 0.15) is 23.9 Å². The van der Waals surface area contributed by atoms with Crippen LogP contribution in [-0.4, -0.2) is 38.7 Å². The Bertz CT molecular complexity index is 1390. The van der Waals surface area contributed by atoms with Gasteiger partial charge in [-0.25, -0.2) is 4.98 Å². The molecule has 0 saturated carbocycles. The number of nitrogens with zero attached hydrogens (tertiary/aromatic N) is 5. The second kappa shape index (κ2) is 10.5. The van der Waals surface area contributed by atoms with E-state index in [1.54, 1.807) is 23.1 Å². The van der Waals surface area contributed by atoms with Gasteiger partial charge in [0.25, 0.3) is 11.6 Å². The molecular weight excluding hydrogens is 466 g/mol. The van der Waals surface area contributed by atoms with E-state index in [2.05, 4.69) is 5.10 Å². The van der Waals surface area contributed by atoms with Gasteiger partial charge in [0.2, 0.25) is 0 Å². The molecule has 0 atom stereocenters. The van der Waals surface area contributed by atoms with Crippen LogP contribution in [0.25, 0.3) is 16.3 Å². The molecule has 1 amide bonds. The first-order valence-electron chi connectivity index (χ1n) is 11.1. The summed E-state index contributed by atoms with van der Waals surface area (Å²) in [4.78, 5) is 30.1. The van der Waals surface area contributed by atoms with Gasteiger partial charge in [-0.2, -0.15) is 5.10 Å². The molecule has 9 nitrogen and oxygen atoms in total. The molecule has 35 heavy (non-hydrogen) atoms. The van der Waals surface area contributed by atoms with Crippen LogP contribution >= 0.6 is 11.3 Å². The molecule has 0 aliphatic rings. The maximum Gasteiger partial charge on any atom is 0.269 e. The number of benzene rings is 2. The molecule has 2 aromatic heterocycles. The number of para-hydroxylation sites is 1. The summed E-state index contributed by atoms with van der Waals surface area (Å²) >= 11 is 1.42. The van der Waals surface area contributed by atoms with Crippen LogP contribution in [0.4, 0.5) is 10.8 Å². The molecule has 2 heterocycles. The van der Waals surface area contributed by atoms with Crippen molar-refractivity contribution in [3.63, 3.8) is 0 Å². The Kier molecular flexibility index (Phi) is 7.21. The Hall–Kier alpha value is -4.05. The summed E-state index contributed by atoms with van der Waals surface area (Å²) in [5.41, 5.74) is 3.33. The van der Waals surface area contributed by atoms with Gasteiger partial charge < -0.3 is 4.74 Å². The summed E-state index contributed by atoms with van der Waals surface area (Å²) < 4.78 is 8.51. The van der Waals surface area contributed by atoms with Crippen LogP contribution in [0, 0.1) is 24.0 Å². The number of carbonyl (C=O) groups excluding carboxylic acids is 1. The number of hydrogen-bond donors (Lipinski definition) is 0. The summed E-state index contributed by atoms with van der Waals surface area (Å²) in [5, 5.41) is 15.9. The second-order valence-electron chi connectivity index (χ2n) is 7.85. The minimum absolute atomic E-state index is 0.000401. The number of amides is 1. The maximum atomic E-state index is 13.3. The number of hydrogen-bond acceptors (Lipinski definition) is 7. The molecule has 0 N–H and O–H groups in total. The van der Waals surface area contributed by atoms with Gasteiger partial charge in [0.15, 0.2) is 5.13 Å². The van der Waals surface area contributed by atoms with Crippen molar-refractivity contribution in [3.05, 3.63) is 81.7 Å². The van der Waals surface area contributed by atoms with Gasteiger partial charge in [0.1, 0.15) is 11.3 Å². The van der Waals surface area contributed by atoms with E-state index >= 15 is 0 Å². The van der Waals surface area contributed by atoms with Crippen LogP contribution in [0.2, 0.25) is 0 Å². The number of non-ortho nitro benzene ring substituents is 1. The average Bonchev–Trinajstić information content (AvgIpc) is 3.41. The Balaban J connectivity index is 1.63. The largest absolute Gasteiger partial charge is 0.492 e. The van der Waals surface area contributed by atoms with E-state index in [0.29, 0.717) is 36.1 Å². The number of thiazole rings is 1. The van der Waals surface area contributed by atoms with Crippen molar-refractivity contribution in [2.24, 2.45) is 0 Å². The van der Waals surface area contributed by atoms with E-state index < -0.39 is 4.92 Å². The maximum absolute atomic E-state index is 13.3. The molecule has 0 aliphatic heterocycles. The fourth-order valence-corrected chi connectivity index (χ4v) is 4.67. The summed E-state index contributed by atoms with van der Waals surface area (Å²) in [5.74, 6) is 0.432.